The van der Waals surface area contributed by atoms with E-state index in [-0.39, 0.29) is 11.5 Å². The lowest BCUT2D eigenvalue weighted by atomic mass is 10.1. The number of para-hydroxylation sites is 1. The smallest absolute Gasteiger partial charge is 0.262 e. The van der Waals surface area contributed by atoms with E-state index in [1.165, 1.54) is 4.57 Å². The SMILES string of the molecule is CCn1c(=S)[nH]c2cc(C(=O)NCc3cc4ccccc4[nH]3)ccc2c1=O. The number of amides is 1. The molecule has 0 unspecified atom stereocenters. The summed E-state index contributed by atoms with van der Waals surface area (Å²) in [6.45, 7) is 2.75. The minimum absolute atomic E-state index is 0.152. The first-order chi connectivity index (χ1) is 13.1. The first-order valence-corrected chi connectivity index (χ1v) is 9.09. The zero-order valence-corrected chi connectivity index (χ0v) is 15.5. The van der Waals surface area contributed by atoms with Crippen LogP contribution in [-0.4, -0.2) is 20.4 Å². The molecule has 6 nitrogen and oxygen atoms in total. The number of fused-ring (bicyclic) bond motifs is 2. The van der Waals surface area contributed by atoms with Gasteiger partial charge in [0.05, 0.1) is 17.4 Å². The first-order valence-electron chi connectivity index (χ1n) is 8.68. The van der Waals surface area contributed by atoms with Crippen molar-refractivity contribution in [1.82, 2.24) is 19.9 Å². The molecule has 0 fully saturated rings. The Morgan fingerprint density at radius 1 is 1.11 bits per heavy atom. The summed E-state index contributed by atoms with van der Waals surface area (Å²) in [7, 11) is 0. The Morgan fingerprint density at radius 2 is 1.93 bits per heavy atom. The molecule has 0 aliphatic carbocycles. The van der Waals surface area contributed by atoms with E-state index in [2.05, 4.69) is 15.3 Å². The predicted molar refractivity (Wildman–Crippen MR) is 109 cm³/mol. The maximum atomic E-state index is 12.5. The third-order valence-corrected chi connectivity index (χ3v) is 4.91. The van der Waals surface area contributed by atoms with Crippen LogP contribution >= 0.6 is 12.2 Å². The van der Waals surface area contributed by atoms with E-state index in [0.717, 1.165) is 16.6 Å². The summed E-state index contributed by atoms with van der Waals surface area (Å²) in [6, 6.07) is 14.9. The first kappa shape index (κ1) is 17.2. The summed E-state index contributed by atoms with van der Waals surface area (Å²) in [4.78, 5) is 31.3. The highest BCUT2D eigenvalue weighted by Gasteiger charge is 2.10. The zero-order chi connectivity index (χ0) is 19.0. The summed E-state index contributed by atoms with van der Waals surface area (Å²) in [5.41, 5.74) is 2.84. The lowest BCUT2D eigenvalue weighted by Gasteiger charge is -2.08. The number of benzene rings is 2. The average Bonchev–Trinajstić information content (AvgIpc) is 3.09. The Labute approximate surface area is 159 Å². The van der Waals surface area contributed by atoms with Crippen molar-refractivity contribution in [3.05, 3.63) is 74.9 Å². The van der Waals surface area contributed by atoms with Crippen molar-refractivity contribution in [1.29, 1.82) is 0 Å². The Kier molecular flexibility index (Phi) is 4.37. The maximum absolute atomic E-state index is 12.5. The summed E-state index contributed by atoms with van der Waals surface area (Å²) in [6.07, 6.45) is 0. The van der Waals surface area contributed by atoms with Crippen LogP contribution in [0.15, 0.2) is 53.3 Å². The van der Waals surface area contributed by atoms with E-state index in [1.54, 1.807) is 18.2 Å². The second-order valence-corrected chi connectivity index (χ2v) is 6.69. The summed E-state index contributed by atoms with van der Waals surface area (Å²) < 4.78 is 1.85. The van der Waals surface area contributed by atoms with Gasteiger partial charge in [-0.2, -0.15) is 0 Å². The second-order valence-electron chi connectivity index (χ2n) is 6.30. The molecule has 1 amide bonds. The van der Waals surface area contributed by atoms with Crippen LogP contribution in [0, 0.1) is 4.77 Å². The molecule has 0 radical (unpaired) electrons. The van der Waals surface area contributed by atoms with E-state index in [9.17, 15) is 9.59 Å². The quantitative estimate of drug-likeness (QED) is 0.476. The molecular formula is C20H18N4O2S. The second kappa shape index (κ2) is 6.85. The van der Waals surface area contributed by atoms with E-state index < -0.39 is 0 Å². The molecule has 0 saturated carbocycles. The lowest BCUT2D eigenvalue weighted by molar-refractivity contribution is 0.0950. The highest BCUT2D eigenvalue weighted by Crippen LogP contribution is 2.15. The van der Waals surface area contributed by atoms with Gasteiger partial charge in [0, 0.05) is 23.3 Å². The molecule has 3 N–H and O–H groups in total. The van der Waals surface area contributed by atoms with Gasteiger partial charge in [-0.1, -0.05) is 18.2 Å². The summed E-state index contributed by atoms with van der Waals surface area (Å²) >= 11 is 5.22. The number of aromatic nitrogens is 3. The number of hydrogen-bond acceptors (Lipinski definition) is 3. The van der Waals surface area contributed by atoms with Crippen LogP contribution in [0.5, 0.6) is 0 Å². The molecule has 0 atom stereocenters. The number of nitrogens with zero attached hydrogens (tertiary/aromatic N) is 1. The normalized spacial score (nSPS) is 11.1. The van der Waals surface area contributed by atoms with E-state index in [1.807, 2.05) is 37.3 Å². The van der Waals surface area contributed by atoms with Gasteiger partial charge in [0.25, 0.3) is 11.5 Å². The Hall–Kier alpha value is -3.19. The monoisotopic (exact) mass is 378 g/mol. The van der Waals surface area contributed by atoms with Crippen LogP contribution in [-0.2, 0) is 13.1 Å². The number of hydrogen-bond donors (Lipinski definition) is 3. The average molecular weight is 378 g/mol. The maximum Gasteiger partial charge on any atom is 0.262 e. The van der Waals surface area contributed by atoms with Gasteiger partial charge in [-0.15, -0.1) is 0 Å². The van der Waals surface area contributed by atoms with Crippen molar-refractivity contribution in [3.8, 4) is 0 Å². The number of carbonyl (C=O) groups is 1. The summed E-state index contributed by atoms with van der Waals surface area (Å²) in [5, 5.41) is 4.51. The van der Waals surface area contributed by atoms with Gasteiger partial charge in [0.1, 0.15) is 0 Å². The van der Waals surface area contributed by atoms with Crippen LogP contribution in [0.3, 0.4) is 0 Å². The molecule has 4 aromatic rings. The van der Waals surface area contributed by atoms with Gasteiger partial charge in [-0.3, -0.25) is 14.2 Å². The van der Waals surface area contributed by atoms with Crippen LogP contribution in [0.2, 0.25) is 0 Å². The third kappa shape index (κ3) is 3.17. The van der Waals surface area contributed by atoms with Crippen molar-refractivity contribution < 1.29 is 4.79 Å². The van der Waals surface area contributed by atoms with E-state index >= 15 is 0 Å². The van der Waals surface area contributed by atoms with Crippen molar-refractivity contribution in [2.24, 2.45) is 0 Å². The minimum Gasteiger partial charge on any atom is -0.357 e. The van der Waals surface area contributed by atoms with Gasteiger partial charge in [0.15, 0.2) is 4.77 Å². The topological polar surface area (TPSA) is 82.7 Å². The zero-order valence-electron chi connectivity index (χ0n) is 14.7. The molecule has 0 aliphatic rings. The minimum atomic E-state index is -0.213. The molecule has 2 aromatic heterocycles. The van der Waals surface area contributed by atoms with Crippen molar-refractivity contribution >= 4 is 39.9 Å². The number of rotatable bonds is 4. The van der Waals surface area contributed by atoms with Gasteiger partial charge >= 0.3 is 0 Å². The lowest BCUT2D eigenvalue weighted by Crippen LogP contribution is -2.24. The molecule has 136 valence electrons. The van der Waals surface area contributed by atoms with E-state index in [4.69, 9.17) is 12.2 Å². The number of nitrogens with one attached hydrogen (secondary N) is 3. The van der Waals surface area contributed by atoms with Crippen molar-refractivity contribution in [3.63, 3.8) is 0 Å². The van der Waals surface area contributed by atoms with Gasteiger partial charge < -0.3 is 15.3 Å². The van der Waals surface area contributed by atoms with Crippen molar-refractivity contribution in [2.45, 2.75) is 20.0 Å². The molecule has 0 saturated heterocycles. The molecule has 2 heterocycles. The molecule has 2 aromatic carbocycles. The van der Waals surface area contributed by atoms with Crippen LogP contribution in [0.25, 0.3) is 21.8 Å². The van der Waals surface area contributed by atoms with Crippen LogP contribution < -0.4 is 10.9 Å². The Bertz CT molecular complexity index is 1250. The fourth-order valence-corrected chi connectivity index (χ4v) is 3.51. The predicted octanol–water partition coefficient (Wildman–Crippen LogP) is 3.49. The highest BCUT2D eigenvalue weighted by molar-refractivity contribution is 7.71. The molecule has 0 spiro atoms. The molecule has 0 aliphatic heterocycles. The standard InChI is InChI=1S/C20H18N4O2S/c1-2-24-19(26)15-8-7-13(10-17(15)23-20(24)27)18(25)21-11-14-9-12-5-3-4-6-16(12)22-14/h3-10,22H,2,11H2,1H3,(H,21,25)(H,23,27). The van der Waals surface area contributed by atoms with Crippen molar-refractivity contribution in [2.75, 3.05) is 0 Å². The fraction of sp³-hybridized carbons (Fsp3) is 0.150. The van der Waals surface area contributed by atoms with Gasteiger partial charge in [-0.05, 0) is 54.9 Å². The Balaban J connectivity index is 1.59. The molecule has 7 heteroatoms. The largest absolute Gasteiger partial charge is 0.357 e. The number of aromatic amines is 2. The molecule has 4 rings (SSSR count). The van der Waals surface area contributed by atoms with Crippen LogP contribution in [0.1, 0.15) is 23.0 Å². The van der Waals surface area contributed by atoms with E-state index in [0.29, 0.717) is 34.3 Å². The Morgan fingerprint density at radius 3 is 2.70 bits per heavy atom. The number of H-pyrrole nitrogens is 2. The summed E-state index contributed by atoms with van der Waals surface area (Å²) in [5.74, 6) is -0.213. The number of carbonyl (C=O) groups excluding carboxylic acids is 1. The molecule has 0 bridgehead atoms. The van der Waals surface area contributed by atoms with Crippen LogP contribution in [0.4, 0.5) is 0 Å². The highest BCUT2D eigenvalue weighted by atomic mass is 32.1. The third-order valence-electron chi connectivity index (χ3n) is 4.59. The fourth-order valence-electron chi connectivity index (χ4n) is 3.19. The molecular weight excluding hydrogens is 360 g/mol. The van der Waals surface area contributed by atoms with Gasteiger partial charge in [0.2, 0.25) is 0 Å². The molecule has 27 heavy (non-hydrogen) atoms. The van der Waals surface area contributed by atoms with Gasteiger partial charge in [-0.25, -0.2) is 0 Å².